The van der Waals surface area contributed by atoms with Crippen LogP contribution in [0.25, 0.3) is 0 Å². The van der Waals surface area contributed by atoms with Gasteiger partial charge in [0, 0.05) is 31.1 Å². The van der Waals surface area contributed by atoms with Crippen molar-refractivity contribution in [1.29, 1.82) is 0 Å². The van der Waals surface area contributed by atoms with E-state index in [0.717, 1.165) is 18.1 Å². The van der Waals surface area contributed by atoms with E-state index >= 15 is 0 Å². The summed E-state index contributed by atoms with van der Waals surface area (Å²) in [5.74, 6) is 0.747. The molecule has 6 heteroatoms. The highest BCUT2D eigenvalue weighted by atomic mass is 127. The first-order valence-corrected chi connectivity index (χ1v) is 8.07. The minimum Gasteiger partial charge on any atom is -0.350 e. The number of carbonyl (C=O) groups excluding carboxylic acids is 1. The molecule has 0 unspecified atom stereocenters. The number of halogens is 1. The van der Waals surface area contributed by atoms with Gasteiger partial charge in [0.15, 0.2) is 5.96 Å². The van der Waals surface area contributed by atoms with Crippen LogP contribution < -0.4 is 10.6 Å². The Kier molecular flexibility index (Phi) is 7.07. The Balaban J connectivity index is 0.00000288. The van der Waals surface area contributed by atoms with Crippen LogP contribution in [0, 0.1) is 5.41 Å². The zero-order valence-corrected chi connectivity index (χ0v) is 17.5. The zero-order chi connectivity index (χ0) is 17.1. The normalized spacial score (nSPS) is 18.2. The van der Waals surface area contributed by atoms with Gasteiger partial charge in [-0.25, -0.2) is 0 Å². The van der Waals surface area contributed by atoms with Gasteiger partial charge in [0.25, 0.3) is 0 Å². The standard InChI is InChI=1S/C18H28N4O.HI/c1-17(2)13-22(18(17,3)4)16(19-5)21-12-15(23)20-11-14-9-7-6-8-10-14;/h6-10H,11-13H2,1-5H3,(H,19,21)(H,20,23);1H. The fourth-order valence-electron chi connectivity index (χ4n) is 2.71. The lowest BCUT2D eigenvalue weighted by Gasteiger charge is -2.62. The van der Waals surface area contributed by atoms with Gasteiger partial charge in [-0.1, -0.05) is 44.2 Å². The number of hydrogen-bond acceptors (Lipinski definition) is 2. The van der Waals surface area contributed by atoms with E-state index in [1.807, 2.05) is 30.3 Å². The Labute approximate surface area is 162 Å². The molecule has 1 fully saturated rings. The summed E-state index contributed by atoms with van der Waals surface area (Å²) in [5.41, 5.74) is 1.35. The van der Waals surface area contributed by atoms with Crippen LogP contribution in [-0.2, 0) is 11.3 Å². The van der Waals surface area contributed by atoms with Gasteiger partial charge in [0.1, 0.15) is 0 Å². The zero-order valence-electron chi connectivity index (χ0n) is 15.2. The largest absolute Gasteiger partial charge is 0.350 e. The number of benzene rings is 1. The minimum atomic E-state index is -0.0346. The van der Waals surface area contributed by atoms with Gasteiger partial charge in [0.2, 0.25) is 5.91 Å². The molecule has 134 valence electrons. The molecule has 2 rings (SSSR count). The maximum Gasteiger partial charge on any atom is 0.239 e. The van der Waals surface area contributed by atoms with E-state index in [4.69, 9.17) is 0 Å². The van der Waals surface area contributed by atoms with Crippen LogP contribution in [0.2, 0.25) is 0 Å². The van der Waals surface area contributed by atoms with E-state index in [9.17, 15) is 4.79 Å². The van der Waals surface area contributed by atoms with Crippen molar-refractivity contribution in [2.45, 2.75) is 39.8 Å². The lowest BCUT2D eigenvalue weighted by Crippen LogP contribution is -2.72. The highest BCUT2D eigenvalue weighted by molar-refractivity contribution is 14.0. The Hall–Kier alpha value is -1.31. The Morgan fingerprint density at radius 1 is 1.17 bits per heavy atom. The number of likely N-dealkylation sites (tertiary alicyclic amines) is 1. The number of guanidine groups is 1. The molecule has 0 spiro atoms. The third-order valence-electron chi connectivity index (χ3n) is 5.09. The van der Waals surface area contributed by atoms with Crippen LogP contribution >= 0.6 is 24.0 Å². The molecule has 1 aromatic carbocycles. The molecule has 1 amide bonds. The molecule has 0 bridgehead atoms. The summed E-state index contributed by atoms with van der Waals surface area (Å²) in [6.07, 6.45) is 0. The van der Waals surface area contributed by atoms with Gasteiger partial charge < -0.3 is 15.5 Å². The third-order valence-corrected chi connectivity index (χ3v) is 5.09. The summed E-state index contributed by atoms with van der Waals surface area (Å²) in [6, 6.07) is 9.90. The molecule has 0 saturated carbocycles. The predicted octanol–water partition coefficient (Wildman–Crippen LogP) is 2.62. The van der Waals surface area contributed by atoms with Crippen LogP contribution in [0.15, 0.2) is 35.3 Å². The molecule has 0 radical (unpaired) electrons. The summed E-state index contributed by atoms with van der Waals surface area (Å²) in [4.78, 5) is 18.5. The maximum atomic E-state index is 12.0. The van der Waals surface area contributed by atoms with Crippen molar-refractivity contribution in [3.8, 4) is 0 Å². The van der Waals surface area contributed by atoms with E-state index in [0.29, 0.717) is 6.54 Å². The Bertz CT molecular complexity index is 584. The second-order valence-electron chi connectivity index (χ2n) is 7.19. The summed E-state index contributed by atoms with van der Waals surface area (Å²) in [7, 11) is 1.76. The summed E-state index contributed by atoms with van der Waals surface area (Å²) in [5, 5.41) is 6.08. The number of nitrogens with zero attached hydrogens (tertiary/aromatic N) is 2. The molecule has 5 nitrogen and oxygen atoms in total. The molecule has 24 heavy (non-hydrogen) atoms. The van der Waals surface area contributed by atoms with Crippen molar-refractivity contribution in [2.75, 3.05) is 20.1 Å². The van der Waals surface area contributed by atoms with Crippen molar-refractivity contribution >= 4 is 35.8 Å². The van der Waals surface area contributed by atoms with Crippen LogP contribution in [-0.4, -0.2) is 42.4 Å². The minimum absolute atomic E-state index is 0. The van der Waals surface area contributed by atoms with E-state index in [-0.39, 0.29) is 47.4 Å². The number of aliphatic imine (C=N–C) groups is 1. The molecule has 1 aromatic rings. The van der Waals surface area contributed by atoms with Crippen LogP contribution in [0.4, 0.5) is 0 Å². The average molecular weight is 444 g/mol. The van der Waals surface area contributed by atoms with Crippen molar-refractivity contribution in [3.05, 3.63) is 35.9 Å². The van der Waals surface area contributed by atoms with E-state index < -0.39 is 0 Å². The van der Waals surface area contributed by atoms with Crippen LogP contribution in [0.5, 0.6) is 0 Å². The van der Waals surface area contributed by atoms with Gasteiger partial charge in [0.05, 0.1) is 6.54 Å². The highest BCUT2D eigenvalue weighted by Crippen LogP contribution is 2.46. The van der Waals surface area contributed by atoms with Crippen LogP contribution in [0.1, 0.15) is 33.3 Å². The van der Waals surface area contributed by atoms with Crippen molar-refractivity contribution in [2.24, 2.45) is 10.4 Å². The lowest BCUT2D eigenvalue weighted by atomic mass is 9.65. The average Bonchev–Trinajstić information content (AvgIpc) is 2.53. The smallest absolute Gasteiger partial charge is 0.239 e. The molecule has 2 N–H and O–H groups in total. The first kappa shape index (κ1) is 20.7. The fraction of sp³-hybridized carbons (Fsp3) is 0.556. The first-order valence-electron chi connectivity index (χ1n) is 8.07. The number of hydrogen-bond donors (Lipinski definition) is 2. The summed E-state index contributed by atoms with van der Waals surface area (Å²) < 4.78 is 0. The number of rotatable bonds is 4. The molecule has 1 heterocycles. The SMILES string of the molecule is CN=C(NCC(=O)NCc1ccccc1)N1CC(C)(C)C1(C)C.I. The Morgan fingerprint density at radius 3 is 2.29 bits per heavy atom. The van der Waals surface area contributed by atoms with Gasteiger partial charge in [-0.05, 0) is 19.4 Å². The van der Waals surface area contributed by atoms with Gasteiger partial charge >= 0.3 is 0 Å². The summed E-state index contributed by atoms with van der Waals surface area (Å²) >= 11 is 0. The predicted molar refractivity (Wildman–Crippen MR) is 110 cm³/mol. The lowest BCUT2D eigenvalue weighted by molar-refractivity contribution is -0.120. The second-order valence-corrected chi connectivity index (χ2v) is 7.19. The van der Waals surface area contributed by atoms with E-state index in [2.05, 4.69) is 48.2 Å². The van der Waals surface area contributed by atoms with Gasteiger partial charge in [-0.15, -0.1) is 24.0 Å². The third kappa shape index (κ3) is 4.40. The number of nitrogens with one attached hydrogen (secondary N) is 2. The van der Waals surface area contributed by atoms with E-state index in [1.54, 1.807) is 7.05 Å². The topological polar surface area (TPSA) is 56.7 Å². The molecule has 0 aliphatic carbocycles. The number of carbonyl (C=O) groups is 1. The molecule has 0 atom stereocenters. The summed E-state index contributed by atoms with van der Waals surface area (Å²) in [6.45, 7) is 10.6. The molecular weight excluding hydrogens is 415 g/mol. The quantitative estimate of drug-likeness (QED) is 0.427. The second kappa shape index (κ2) is 8.18. The van der Waals surface area contributed by atoms with Crippen LogP contribution in [0.3, 0.4) is 0 Å². The molecule has 0 aromatic heterocycles. The highest BCUT2D eigenvalue weighted by Gasteiger charge is 2.53. The van der Waals surface area contributed by atoms with Gasteiger partial charge in [-0.3, -0.25) is 9.79 Å². The van der Waals surface area contributed by atoms with Crippen molar-refractivity contribution < 1.29 is 4.79 Å². The monoisotopic (exact) mass is 444 g/mol. The molecular formula is C18H29IN4O. The Morgan fingerprint density at radius 2 is 1.79 bits per heavy atom. The van der Waals surface area contributed by atoms with Crippen molar-refractivity contribution in [3.63, 3.8) is 0 Å². The first-order chi connectivity index (χ1) is 10.8. The van der Waals surface area contributed by atoms with E-state index in [1.165, 1.54) is 0 Å². The van der Waals surface area contributed by atoms with Gasteiger partial charge in [-0.2, -0.15) is 0 Å². The molecule has 1 aliphatic rings. The molecule has 1 aliphatic heterocycles. The number of amides is 1. The fourth-order valence-corrected chi connectivity index (χ4v) is 2.71. The van der Waals surface area contributed by atoms with Crippen molar-refractivity contribution in [1.82, 2.24) is 15.5 Å². The molecule has 1 saturated heterocycles. The maximum absolute atomic E-state index is 12.0.